The topological polar surface area (TPSA) is 100 Å². The lowest BCUT2D eigenvalue weighted by molar-refractivity contribution is -0.127. The summed E-state index contributed by atoms with van der Waals surface area (Å²) < 4.78 is 27.6. The fraction of sp³-hybridized carbons (Fsp3) is 0.741. The summed E-state index contributed by atoms with van der Waals surface area (Å²) in [5.41, 5.74) is 0. The number of nitrogens with zero attached hydrogens (tertiary/aromatic N) is 5. The van der Waals surface area contributed by atoms with Crippen molar-refractivity contribution in [3.63, 3.8) is 0 Å². The molecule has 210 valence electrons. The van der Waals surface area contributed by atoms with Gasteiger partial charge in [0.05, 0.1) is 12.3 Å². The molecule has 3 atom stereocenters. The molecule has 3 aliphatic heterocycles. The number of aromatic nitrogens is 3. The molecule has 0 unspecified atom stereocenters. The first-order chi connectivity index (χ1) is 18.1. The van der Waals surface area contributed by atoms with Crippen LogP contribution < -0.4 is 5.32 Å². The molecule has 1 N–H and O–H groups in total. The predicted octanol–water partition coefficient (Wildman–Crippen LogP) is 3.86. The largest absolute Gasteiger partial charge is 0.348 e. The van der Waals surface area contributed by atoms with Gasteiger partial charge in [-0.15, -0.1) is 21.5 Å². The maximum atomic E-state index is 13.2. The van der Waals surface area contributed by atoms with E-state index in [0.717, 1.165) is 37.5 Å². The van der Waals surface area contributed by atoms with E-state index in [2.05, 4.69) is 57.2 Å². The van der Waals surface area contributed by atoms with Crippen molar-refractivity contribution >= 4 is 27.3 Å². The Bertz CT molecular complexity index is 1190. The summed E-state index contributed by atoms with van der Waals surface area (Å²) in [6, 6.07) is 5.72. The highest BCUT2D eigenvalue weighted by Crippen LogP contribution is 2.42. The first-order valence-electron chi connectivity index (χ1n) is 14.1. The summed E-state index contributed by atoms with van der Waals surface area (Å²) in [6.07, 6.45) is 8.00. The minimum atomic E-state index is -3.20. The molecule has 3 saturated heterocycles. The molecule has 2 aromatic heterocycles. The first kappa shape index (κ1) is 27.7. The van der Waals surface area contributed by atoms with Crippen molar-refractivity contribution < 1.29 is 13.2 Å². The lowest BCUT2D eigenvalue weighted by Crippen LogP contribution is -2.46. The monoisotopic (exact) mass is 562 g/mol. The highest BCUT2D eigenvalue weighted by Gasteiger charge is 2.42. The highest BCUT2D eigenvalue weighted by molar-refractivity contribution is 7.88. The molecule has 0 radical (unpaired) electrons. The molecular weight excluding hydrogens is 520 g/mol. The van der Waals surface area contributed by atoms with Crippen molar-refractivity contribution in [2.75, 3.05) is 25.9 Å². The van der Waals surface area contributed by atoms with Crippen molar-refractivity contribution in [3.05, 3.63) is 34.0 Å². The van der Waals surface area contributed by atoms with Crippen LogP contribution in [-0.4, -0.2) is 76.3 Å². The first-order valence-corrected chi connectivity index (χ1v) is 16.8. The van der Waals surface area contributed by atoms with E-state index in [9.17, 15) is 13.2 Å². The third-order valence-electron chi connectivity index (χ3n) is 8.81. The maximum absolute atomic E-state index is 13.2. The van der Waals surface area contributed by atoms with Gasteiger partial charge in [0, 0.05) is 54.5 Å². The average Bonchev–Trinajstić information content (AvgIpc) is 3.59. The number of nitrogens with one attached hydrogen (secondary N) is 1. The molecule has 3 fully saturated rings. The van der Waals surface area contributed by atoms with Crippen LogP contribution in [0.5, 0.6) is 0 Å². The van der Waals surface area contributed by atoms with Gasteiger partial charge in [-0.25, -0.2) is 12.7 Å². The van der Waals surface area contributed by atoms with Crippen molar-refractivity contribution in [3.8, 4) is 0 Å². The van der Waals surface area contributed by atoms with Crippen LogP contribution >= 0.6 is 11.3 Å². The third kappa shape index (κ3) is 5.85. The fourth-order valence-electron chi connectivity index (χ4n) is 6.84. The van der Waals surface area contributed by atoms with E-state index in [1.54, 1.807) is 11.3 Å². The molecule has 1 amide bonds. The predicted molar refractivity (Wildman–Crippen MR) is 150 cm³/mol. The Morgan fingerprint density at radius 3 is 2.37 bits per heavy atom. The smallest absolute Gasteiger partial charge is 0.223 e. The van der Waals surface area contributed by atoms with Crippen LogP contribution in [0.1, 0.15) is 93.3 Å². The van der Waals surface area contributed by atoms with Gasteiger partial charge in [-0.05, 0) is 63.3 Å². The molecule has 3 aliphatic rings. The molecule has 5 rings (SSSR count). The van der Waals surface area contributed by atoms with Crippen molar-refractivity contribution in [1.82, 2.24) is 29.3 Å². The number of hydrogen-bond acceptors (Lipinski definition) is 7. The number of carbonyl (C=O) groups is 1. The van der Waals surface area contributed by atoms with E-state index in [-0.39, 0.29) is 17.9 Å². The highest BCUT2D eigenvalue weighted by atomic mass is 32.2. The second-order valence-corrected chi connectivity index (χ2v) is 14.6. The number of fused-ring (bicyclic) bond motifs is 2. The lowest BCUT2D eigenvalue weighted by atomic mass is 9.95. The summed E-state index contributed by atoms with van der Waals surface area (Å²) in [7, 11) is -3.20. The second-order valence-electron chi connectivity index (χ2n) is 11.7. The van der Waals surface area contributed by atoms with Crippen LogP contribution in [0.25, 0.3) is 0 Å². The number of rotatable bonds is 9. The average molecular weight is 563 g/mol. The van der Waals surface area contributed by atoms with Gasteiger partial charge in [0.15, 0.2) is 0 Å². The number of thiophene rings is 1. The molecule has 0 spiro atoms. The second kappa shape index (κ2) is 11.3. The zero-order valence-corrected chi connectivity index (χ0v) is 24.7. The summed E-state index contributed by atoms with van der Waals surface area (Å²) in [5, 5.41) is 14.3. The number of amides is 1. The van der Waals surface area contributed by atoms with Crippen LogP contribution in [-0.2, 0) is 14.8 Å². The van der Waals surface area contributed by atoms with Gasteiger partial charge in [-0.1, -0.05) is 19.9 Å². The molecule has 2 aromatic rings. The van der Waals surface area contributed by atoms with Crippen LogP contribution in [0.15, 0.2) is 17.5 Å². The van der Waals surface area contributed by atoms with E-state index >= 15 is 0 Å². The minimum Gasteiger partial charge on any atom is -0.348 e. The Balaban J connectivity index is 1.21. The number of piperidine rings is 2. The van der Waals surface area contributed by atoms with Crippen LogP contribution in [0, 0.1) is 12.8 Å². The summed E-state index contributed by atoms with van der Waals surface area (Å²) >= 11 is 1.69. The van der Waals surface area contributed by atoms with E-state index in [0.29, 0.717) is 50.0 Å². The lowest BCUT2D eigenvalue weighted by Gasteiger charge is -2.40. The van der Waals surface area contributed by atoms with Gasteiger partial charge in [0.1, 0.15) is 11.6 Å². The normalized spacial score (nSPS) is 26.2. The molecule has 11 heteroatoms. The quantitative estimate of drug-likeness (QED) is 0.498. The van der Waals surface area contributed by atoms with Crippen LogP contribution in [0.2, 0.25) is 0 Å². The Morgan fingerprint density at radius 1 is 1.11 bits per heavy atom. The Labute approximate surface area is 231 Å². The van der Waals surface area contributed by atoms with Crippen molar-refractivity contribution in [1.29, 1.82) is 0 Å². The van der Waals surface area contributed by atoms with Crippen LogP contribution in [0.4, 0.5) is 0 Å². The molecule has 0 saturated carbocycles. The minimum absolute atomic E-state index is 0.0137. The summed E-state index contributed by atoms with van der Waals surface area (Å²) in [6.45, 7) is 8.27. The summed E-state index contributed by atoms with van der Waals surface area (Å²) in [5.74, 6) is 2.41. The zero-order chi connectivity index (χ0) is 27.0. The number of aryl methyl sites for hydroxylation is 1. The van der Waals surface area contributed by atoms with Gasteiger partial charge in [0.25, 0.3) is 0 Å². The molecular formula is C27H42N6O3S2. The molecule has 2 bridgehead atoms. The number of hydrogen-bond donors (Lipinski definition) is 1. The van der Waals surface area contributed by atoms with Gasteiger partial charge < -0.3 is 9.88 Å². The SMILES string of the molecule is Cc1nnc(C(C)C)n1C1C[C@@H]2CC[C@@H](C1)N2CC[C@H](NC(=O)C1CCN(S(C)(=O)=O)CC1)c1cccs1. The molecule has 0 aromatic carbocycles. The van der Waals surface area contributed by atoms with Gasteiger partial charge in [-0.3, -0.25) is 9.69 Å². The van der Waals surface area contributed by atoms with Crippen molar-refractivity contribution in [2.45, 2.75) is 95.8 Å². The van der Waals surface area contributed by atoms with Gasteiger partial charge in [-0.2, -0.15) is 0 Å². The van der Waals surface area contributed by atoms with E-state index in [1.807, 2.05) is 6.07 Å². The van der Waals surface area contributed by atoms with E-state index in [1.165, 1.54) is 28.3 Å². The molecule has 5 heterocycles. The van der Waals surface area contributed by atoms with Crippen LogP contribution in [0.3, 0.4) is 0 Å². The zero-order valence-electron chi connectivity index (χ0n) is 23.0. The maximum Gasteiger partial charge on any atom is 0.223 e. The Hall–Kier alpha value is -1.82. The standard InChI is InChI=1S/C27H42N6O3S2/c1-18(2)26-30-29-19(3)33(26)23-16-21-7-8-22(17-23)32(21)14-11-24(25-6-5-15-37-25)28-27(34)20-9-12-31(13-10-20)38(4,35)36/h5-6,15,18,20-24H,7-14,16-17H2,1-4H3,(H,28,34)/t21-,22-,24-/m0/s1. The van der Waals surface area contributed by atoms with E-state index < -0.39 is 10.0 Å². The van der Waals surface area contributed by atoms with E-state index in [4.69, 9.17) is 0 Å². The number of sulfonamides is 1. The Morgan fingerprint density at radius 2 is 1.79 bits per heavy atom. The fourth-order valence-corrected chi connectivity index (χ4v) is 8.53. The molecule has 9 nitrogen and oxygen atoms in total. The third-order valence-corrected chi connectivity index (χ3v) is 11.1. The van der Waals surface area contributed by atoms with Gasteiger partial charge in [0.2, 0.25) is 15.9 Å². The number of carbonyl (C=O) groups excluding carboxylic acids is 1. The molecule has 0 aliphatic carbocycles. The Kier molecular flexibility index (Phi) is 8.28. The summed E-state index contributed by atoms with van der Waals surface area (Å²) in [4.78, 5) is 17.1. The van der Waals surface area contributed by atoms with Gasteiger partial charge >= 0.3 is 0 Å². The molecule has 38 heavy (non-hydrogen) atoms. The van der Waals surface area contributed by atoms with Crippen molar-refractivity contribution in [2.24, 2.45) is 5.92 Å².